The van der Waals surface area contributed by atoms with E-state index in [0.717, 1.165) is 11.1 Å². The number of carbonyl (C=O) groups excluding carboxylic acids is 1. The van der Waals surface area contributed by atoms with Gasteiger partial charge >= 0.3 is 5.97 Å². The number of nitrogens with zero attached hydrogens (tertiary/aromatic N) is 1. The Morgan fingerprint density at radius 3 is 2.50 bits per heavy atom. The smallest absolute Gasteiger partial charge is 0.332 e. The van der Waals surface area contributed by atoms with Crippen LogP contribution >= 0.6 is 23.2 Å². The van der Waals surface area contributed by atoms with Crippen molar-refractivity contribution in [2.45, 2.75) is 38.1 Å². The van der Waals surface area contributed by atoms with Gasteiger partial charge in [-0.3, -0.25) is 4.79 Å². The third kappa shape index (κ3) is 4.14. The van der Waals surface area contributed by atoms with Crippen molar-refractivity contribution < 1.29 is 24.2 Å². The number of carboxylic acids is 1. The predicted octanol–water partition coefficient (Wildman–Crippen LogP) is 4.96. The van der Waals surface area contributed by atoms with Crippen molar-refractivity contribution in [3.63, 3.8) is 0 Å². The molecule has 1 aliphatic heterocycles. The SMILES string of the molecule is COc1cc2c(c(OC)c1)C([C@@H]1C=C(Cl)C=C(Cl)C1)N(C(=O)C1=C(C(=O)O)CCC1)CC2. The number of halogens is 2. The van der Waals surface area contributed by atoms with Crippen LogP contribution in [0.25, 0.3) is 0 Å². The lowest BCUT2D eigenvalue weighted by molar-refractivity contribution is -0.135. The van der Waals surface area contributed by atoms with Gasteiger partial charge in [0.05, 0.1) is 20.3 Å². The van der Waals surface area contributed by atoms with Crippen molar-refractivity contribution in [1.82, 2.24) is 4.90 Å². The Kier molecular flexibility index (Phi) is 6.54. The number of hydrogen-bond donors (Lipinski definition) is 1. The summed E-state index contributed by atoms with van der Waals surface area (Å²) in [5, 5.41) is 10.7. The molecule has 0 spiro atoms. The number of carbonyl (C=O) groups is 2. The number of ether oxygens (including phenoxy) is 2. The molecule has 1 unspecified atom stereocenters. The van der Waals surface area contributed by atoms with Crippen molar-refractivity contribution in [2.24, 2.45) is 5.92 Å². The van der Waals surface area contributed by atoms with Crippen molar-refractivity contribution in [1.29, 1.82) is 0 Å². The minimum Gasteiger partial charge on any atom is -0.497 e. The number of aliphatic carboxylic acids is 1. The van der Waals surface area contributed by atoms with E-state index >= 15 is 0 Å². The van der Waals surface area contributed by atoms with E-state index in [1.54, 1.807) is 25.2 Å². The average Bonchev–Trinajstić information content (AvgIpc) is 3.26. The molecule has 0 saturated heterocycles. The van der Waals surface area contributed by atoms with Crippen LogP contribution in [0.5, 0.6) is 11.5 Å². The lowest BCUT2D eigenvalue weighted by Gasteiger charge is -2.42. The van der Waals surface area contributed by atoms with Crippen LogP contribution in [-0.4, -0.2) is 42.6 Å². The second-order valence-corrected chi connectivity index (χ2v) is 9.14. The number of methoxy groups -OCH3 is 2. The van der Waals surface area contributed by atoms with Gasteiger partial charge in [0.25, 0.3) is 5.91 Å². The van der Waals surface area contributed by atoms with Crippen molar-refractivity contribution in [3.05, 3.63) is 56.6 Å². The Hall–Kier alpha value is -2.44. The number of carboxylic acid groups (broad SMARTS) is 1. The number of allylic oxidation sites excluding steroid dienone is 3. The second kappa shape index (κ2) is 9.20. The summed E-state index contributed by atoms with van der Waals surface area (Å²) >= 11 is 12.7. The molecule has 1 amide bonds. The third-order valence-electron chi connectivity index (χ3n) is 6.41. The van der Waals surface area contributed by atoms with E-state index in [2.05, 4.69) is 0 Å². The Bertz CT molecular complexity index is 1040. The van der Waals surface area contributed by atoms with Crippen LogP contribution in [0.1, 0.15) is 42.9 Å². The summed E-state index contributed by atoms with van der Waals surface area (Å²) in [5.74, 6) is -0.130. The zero-order chi connectivity index (χ0) is 23.0. The summed E-state index contributed by atoms with van der Waals surface area (Å²) in [4.78, 5) is 27.2. The highest BCUT2D eigenvalue weighted by Gasteiger charge is 2.41. The molecule has 2 atom stereocenters. The Labute approximate surface area is 197 Å². The molecule has 170 valence electrons. The molecule has 6 nitrogen and oxygen atoms in total. The molecule has 0 bridgehead atoms. The first kappa shape index (κ1) is 22.7. The monoisotopic (exact) mass is 477 g/mol. The highest BCUT2D eigenvalue weighted by molar-refractivity contribution is 6.35. The molecule has 1 heterocycles. The minimum absolute atomic E-state index is 0.180. The standard InChI is InChI=1S/C24H25Cl2NO5/c1-31-17-10-13-6-7-27(23(28)18-4-3-5-19(18)24(29)30)22(21(13)20(12-17)32-2)14-8-15(25)11-16(26)9-14/h8,10-12,14,22H,3-7,9H2,1-2H3,(H,29,30)/t14-,22?/m1/s1. The maximum Gasteiger partial charge on any atom is 0.332 e. The third-order valence-corrected chi connectivity index (χ3v) is 6.91. The topological polar surface area (TPSA) is 76.1 Å². The number of benzene rings is 1. The average molecular weight is 478 g/mol. The molecule has 32 heavy (non-hydrogen) atoms. The zero-order valence-electron chi connectivity index (χ0n) is 18.0. The molecule has 2 aliphatic carbocycles. The summed E-state index contributed by atoms with van der Waals surface area (Å²) in [6.45, 7) is 0.451. The lowest BCUT2D eigenvalue weighted by Crippen LogP contribution is -2.44. The van der Waals surface area contributed by atoms with Gasteiger partial charge in [-0.25, -0.2) is 4.79 Å². The largest absolute Gasteiger partial charge is 0.497 e. The van der Waals surface area contributed by atoms with Crippen LogP contribution in [0, 0.1) is 5.92 Å². The van der Waals surface area contributed by atoms with Crippen LogP contribution in [0.2, 0.25) is 0 Å². The fourth-order valence-electron chi connectivity index (χ4n) is 5.03. The fourth-order valence-corrected chi connectivity index (χ4v) is 5.68. The van der Waals surface area contributed by atoms with Gasteiger partial charge in [0, 0.05) is 45.3 Å². The van der Waals surface area contributed by atoms with Gasteiger partial charge in [-0.05, 0) is 49.8 Å². The van der Waals surface area contributed by atoms with E-state index in [1.807, 2.05) is 18.2 Å². The first-order valence-electron chi connectivity index (χ1n) is 10.6. The predicted molar refractivity (Wildman–Crippen MR) is 122 cm³/mol. The van der Waals surface area contributed by atoms with Crippen molar-refractivity contribution in [2.75, 3.05) is 20.8 Å². The number of rotatable bonds is 5. The molecular weight excluding hydrogens is 453 g/mol. The van der Waals surface area contributed by atoms with Gasteiger partial charge in [0.15, 0.2) is 0 Å². The first-order chi connectivity index (χ1) is 15.3. The maximum absolute atomic E-state index is 13.7. The van der Waals surface area contributed by atoms with Crippen LogP contribution in [-0.2, 0) is 16.0 Å². The molecule has 1 aromatic carbocycles. The molecule has 0 aromatic heterocycles. The summed E-state index contributed by atoms with van der Waals surface area (Å²) < 4.78 is 11.2. The molecule has 0 fully saturated rings. The van der Waals surface area contributed by atoms with Gasteiger partial charge in [-0.1, -0.05) is 29.3 Å². The number of amides is 1. The van der Waals surface area contributed by atoms with Gasteiger partial charge < -0.3 is 19.5 Å². The van der Waals surface area contributed by atoms with Crippen LogP contribution in [0.3, 0.4) is 0 Å². The van der Waals surface area contributed by atoms with E-state index in [1.165, 1.54) is 0 Å². The molecule has 0 radical (unpaired) electrons. The lowest BCUT2D eigenvalue weighted by atomic mass is 9.80. The van der Waals surface area contributed by atoms with Gasteiger partial charge in [0.2, 0.25) is 0 Å². The van der Waals surface area contributed by atoms with E-state index in [9.17, 15) is 14.7 Å². The van der Waals surface area contributed by atoms with Crippen LogP contribution in [0.15, 0.2) is 45.5 Å². The number of hydrogen-bond acceptors (Lipinski definition) is 4. The minimum atomic E-state index is -1.02. The molecular formula is C24H25Cl2NO5. The highest BCUT2D eigenvalue weighted by atomic mass is 35.5. The fraction of sp³-hybridized carbons (Fsp3) is 0.417. The summed E-state index contributed by atoms with van der Waals surface area (Å²) in [6, 6.07) is 3.38. The van der Waals surface area contributed by atoms with E-state index in [-0.39, 0.29) is 17.4 Å². The van der Waals surface area contributed by atoms with Gasteiger partial charge in [-0.2, -0.15) is 0 Å². The summed E-state index contributed by atoms with van der Waals surface area (Å²) in [5.41, 5.74) is 2.53. The van der Waals surface area contributed by atoms with Gasteiger partial charge in [-0.15, -0.1) is 0 Å². The van der Waals surface area contributed by atoms with Crippen LogP contribution in [0.4, 0.5) is 0 Å². The van der Waals surface area contributed by atoms with Crippen molar-refractivity contribution in [3.8, 4) is 11.5 Å². The highest BCUT2D eigenvalue weighted by Crippen LogP contribution is 2.47. The van der Waals surface area contributed by atoms with E-state index in [4.69, 9.17) is 32.7 Å². The Balaban J connectivity index is 1.85. The molecule has 8 heteroatoms. The maximum atomic E-state index is 13.7. The molecule has 1 aromatic rings. The van der Waals surface area contributed by atoms with E-state index in [0.29, 0.717) is 65.8 Å². The quantitative estimate of drug-likeness (QED) is 0.648. The number of fused-ring (bicyclic) bond motifs is 1. The van der Waals surface area contributed by atoms with Gasteiger partial charge in [0.1, 0.15) is 11.5 Å². The van der Waals surface area contributed by atoms with E-state index < -0.39 is 12.0 Å². The molecule has 0 saturated carbocycles. The Morgan fingerprint density at radius 1 is 1.09 bits per heavy atom. The zero-order valence-corrected chi connectivity index (χ0v) is 19.5. The molecule has 3 aliphatic rings. The van der Waals surface area contributed by atoms with Crippen LogP contribution < -0.4 is 9.47 Å². The molecule has 4 rings (SSSR count). The van der Waals surface area contributed by atoms with Crippen molar-refractivity contribution >= 4 is 35.1 Å². The summed E-state index contributed by atoms with van der Waals surface area (Å²) in [6.07, 6.45) is 6.30. The normalized spacial score (nSPS) is 22.8. The molecule has 1 N–H and O–H groups in total. The summed E-state index contributed by atoms with van der Waals surface area (Å²) in [7, 11) is 3.19. The second-order valence-electron chi connectivity index (χ2n) is 8.22. The first-order valence-corrected chi connectivity index (χ1v) is 11.3. The Morgan fingerprint density at radius 2 is 1.84 bits per heavy atom.